The molecule has 0 amide bonds. The topological polar surface area (TPSA) is 18.5 Å². The second-order valence-electron chi connectivity index (χ2n) is 5.95. The van der Waals surface area contributed by atoms with Gasteiger partial charge < -0.3 is 10.2 Å². The third-order valence-corrected chi connectivity index (χ3v) is 4.54. The first-order chi connectivity index (χ1) is 9.78. The summed E-state index contributed by atoms with van der Waals surface area (Å²) >= 11 is 0. The Morgan fingerprint density at radius 3 is 2.90 bits per heavy atom. The predicted molar refractivity (Wildman–Crippen MR) is 80.6 cm³/mol. The largest absolute Gasteiger partial charge is 0.368 e. The minimum atomic E-state index is -0.0794. The molecule has 20 heavy (non-hydrogen) atoms. The molecular weight excluding hydrogens is 253 g/mol. The minimum Gasteiger partial charge on any atom is -0.368 e. The van der Waals surface area contributed by atoms with Gasteiger partial charge in [-0.25, -0.2) is 4.39 Å². The number of hydrogen-bond donors (Lipinski definition) is 1. The molecule has 0 aromatic heterocycles. The van der Waals surface area contributed by atoms with Gasteiger partial charge in [0.05, 0.1) is 5.69 Å². The van der Waals surface area contributed by atoms with Crippen LogP contribution < -0.4 is 10.2 Å². The van der Waals surface area contributed by atoms with Crippen molar-refractivity contribution < 1.29 is 4.39 Å². The summed E-state index contributed by atoms with van der Waals surface area (Å²) in [6.07, 6.45) is 3.69. The van der Waals surface area contributed by atoms with E-state index < -0.39 is 0 Å². The lowest BCUT2D eigenvalue weighted by Crippen LogP contribution is -2.37. The van der Waals surface area contributed by atoms with Crippen LogP contribution in [0.5, 0.6) is 0 Å². The Bertz CT molecular complexity index is 463. The van der Waals surface area contributed by atoms with E-state index in [0.717, 1.165) is 30.8 Å². The number of hydrogen-bond acceptors (Lipinski definition) is 3. The number of nitrogens with one attached hydrogen (secondary N) is 1. The standard InChI is InChI=1S/C16H24FN3/c1-18-11-13-5-6-16(15(17)10-13)20-9-3-8-19-7-2-4-14(19)12-20/h5-6,10,14,18H,2-4,7-9,11-12H2,1H3. The fraction of sp³-hybridized carbons (Fsp3) is 0.625. The fourth-order valence-corrected chi connectivity index (χ4v) is 3.55. The van der Waals surface area contributed by atoms with E-state index >= 15 is 0 Å². The number of fused-ring (bicyclic) bond motifs is 1. The molecule has 1 aromatic carbocycles. The van der Waals surface area contributed by atoms with E-state index in [-0.39, 0.29) is 5.82 Å². The van der Waals surface area contributed by atoms with Gasteiger partial charge in [0.1, 0.15) is 5.82 Å². The zero-order valence-electron chi connectivity index (χ0n) is 12.2. The highest BCUT2D eigenvalue weighted by atomic mass is 19.1. The summed E-state index contributed by atoms with van der Waals surface area (Å²) in [7, 11) is 1.88. The molecule has 2 aliphatic heterocycles. The first-order valence-electron chi connectivity index (χ1n) is 7.70. The molecule has 1 N–H and O–H groups in total. The van der Waals surface area contributed by atoms with Crippen molar-refractivity contribution in [3.05, 3.63) is 29.6 Å². The van der Waals surface area contributed by atoms with E-state index in [4.69, 9.17) is 0 Å². The van der Waals surface area contributed by atoms with Crippen LogP contribution in [-0.2, 0) is 6.54 Å². The van der Waals surface area contributed by atoms with Gasteiger partial charge in [-0.15, -0.1) is 0 Å². The molecule has 2 fully saturated rings. The summed E-state index contributed by atoms with van der Waals surface area (Å²) < 4.78 is 14.4. The van der Waals surface area contributed by atoms with Gasteiger partial charge in [0, 0.05) is 32.2 Å². The summed E-state index contributed by atoms with van der Waals surface area (Å²) in [6, 6.07) is 6.27. The number of benzene rings is 1. The lowest BCUT2D eigenvalue weighted by atomic mass is 10.1. The Kier molecular flexibility index (Phi) is 4.22. The highest BCUT2D eigenvalue weighted by molar-refractivity contribution is 5.49. The Labute approximate surface area is 120 Å². The highest BCUT2D eigenvalue weighted by Gasteiger charge is 2.29. The molecular formula is C16H24FN3. The average Bonchev–Trinajstić information content (AvgIpc) is 2.77. The van der Waals surface area contributed by atoms with Crippen molar-refractivity contribution in [3.63, 3.8) is 0 Å². The van der Waals surface area contributed by atoms with Crippen molar-refractivity contribution in [2.24, 2.45) is 0 Å². The van der Waals surface area contributed by atoms with Crippen LogP contribution in [-0.4, -0.2) is 44.2 Å². The van der Waals surface area contributed by atoms with Crippen LogP contribution in [0.4, 0.5) is 10.1 Å². The first-order valence-corrected chi connectivity index (χ1v) is 7.70. The molecule has 2 saturated heterocycles. The monoisotopic (exact) mass is 277 g/mol. The lowest BCUT2D eigenvalue weighted by Gasteiger charge is -2.27. The van der Waals surface area contributed by atoms with Gasteiger partial charge in [0.15, 0.2) is 0 Å². The second kappa shape index (κ2) is 6.10. The minimum absolute atomic E-state index is 0.0794. The predicted octanol–water partition coefficient (Wildman–Crippen LogP) is 2.22. The summed E-state index contributed by atoms with van der Waals surface area (Å²) in [5, 5.41) is 3.06. The van der Waals surface area contributed by atoms with Gasteiger partial charge in [0.25, 0.3) is 0 Å². The molecule has 0 saturated carbocycles. The SMILES string of the molecule is CNCc1ccc(N2CCCN3CCCC3C2)c(F)c1. The van der Waals surface area contributed by atoms with E-state index in [1.165, 1.54) is 25.9 Å². The van der Waals surface area contributed by atoms with Crippen LogP contribution in [0.25, 0.3) is 0 Å². The Balaban J connectivity index is 1.77. The molecule has 4 heteroatoms. The Hall–Kier alpha value is -1.13. The van der Waals surface area contributed by atoms with E-state index in [0.29, 0.717) is 12.6 Å². The molecule has 0 aliphatic carbocycles. The number of rotatable bonds is 3. The first kappa shape index (κ1) is 13.8. The third kappa shape index (κ3) is 2.81. The molecule has 0 spiro atoms. The van der Waals surface area contributed by atoms with Crippen LogP contribution in [0.3, 0.4) is 0 Å². The van der Waals surface area contributed by atoms with Gasteiger partial charge in [-0.05, 0) is 50.6 Å². The maximum absolute atomic E-state index is 14.4. The Morgan fingerprint density at radius 2 is 2.10 bits per heavy atom. The van der Waals surface area contributed by atoms with E-state index in [1.54, 1.807) is 6.07 Å². The Morgan fingerprint density at radius 1 is 1.25 bits per heavy atom. The van der Waals surface area contributed by atoms with Crippen molar-refractivity contribution in [2.75, 3.05) is 38.1 Å². The van der Waals surface area contributed by atoms with Gasteiger partial charge in [0.2, 0.25) is 0 Å². The van der Waals surface area contributed by atoms with E-state index in [1.807, 2.05) is 19.2 Å². The quantitative estimate of drug-likeness (QED) is 0.914. The fourth-order valence-electron chi connectivity index (χ4n) is 3.55. The summed E-state index contributed by atoms with van der Waals surface area (Å²) in [6.45, 7) is 5.05. The zero-order valence-corrected chi connectivity index (χ0v) is 12.2. The van der Waals surface area contributed by atoms with Crippen molar-refractivity contribution >= 4 is 5.69 Å². The van der Waals surface area contributed by atoms with Crippen LogP contribution in [0.1, 0.15) is 24.8 Å². The maximum Gasteiger partial charge on any atom is 0.146 e. The third-order valence-electron chi connectivity index (χ3n) is 4.54. The van der Waals surface area contributed by atoms with Crippen molar-refractivity contribution in [1.82, 2.24) is 10.2 Å². The molecule has 2 heterocycles. The van der Waals surface area contributed by atoms with Crippen LogP contribution in [0, 0.1) is 5.82 Å². The molecule has 3 nitrogen and oxygen atoms in total. The molecule has 110 valence electrons. The van der Waals surface area contributed by atoms with Crippen LogP contribution >= 0.6 is 0 Å². The number of anilines is 1. The normalized spacial score (nSPS) is 23.7. The van der Waals surface area contributed by atoms with Crippen molar-refractivity contribution in [1.29, 1.82) is 0 Å². The van der Waals surface area contributed by atoms with Crippen LogP contribution in [0.15, 0.2) is 18.2 Å². The zero-order chi connectivity index (χ0) is 13.9. The second-order valence-corrected chi connectivity index (χ2v) is 5.95. The molecule has 0 radical (unpaired) electrons. The average molecular weight is 277 g/mol. The molecule has 1 unspecified atom stereocenters. The molecule has 2 aliphatic rings. The van der Waals surface area contributed by atoms with Crippen LogP contribution in [0.2, 0.25) is 0 Å². The maximum atomic E-state index is 14.4. The smallest absolute Gasteiger partial charge is 0.146 e. The molecule has 3 rings (SSSR count). The molecule has 1 aromatic rings. The van der Waals surface area contributed by atoms with Gasteiger partial charge in [-0.2, -0.15) is 0 Å². The summed E-state index contributed by atoms with van der Waals surface area (Å²) in [5.41, 5.74) is 1.78. The van der Waals surface area contributed by atoms with Gasteiger partial charge in [-0.1, -0.05) is 6.07 Å². The summed E-state index contributed by atoms with van der Waals surface area (Å²) in [5.74, 6) is -0.0794. The highest BCUT2D eigenvalue weighted by Crippen LogP contribution is 2.27. The van der Waals surface area contributed by atoms with E-state index in [2.05, 4.69) is 15.1 Å². The number of halogens is 1. The van der Waals surface area contributed by atoms with Crippen molar-refractivity contribution in [3.8, 4) is 0 Å². The lowest BCUT2D eigenvalue weighted by molar-refractivity contribution is 0.273. The van der Waals surface area contributed by atoms with E-state index in [9.17, 15) is 4.39 Å². The summed E-state index contributed by atoms with van der Waals surface area (Å²) in [4.78, 5) is 4.82. The molecule has 1 atom stereocenters. The molecule has 0 bridgehead atoms. The van der Waals surface area contributed by atoms with Crippen molar-refractivity contribution in [2.45, 2.75) is 31.8 Å². The van der Waals surface area contributed by atoms with Gasteiger partial charge in [-0.3, -0.25) is 4.90 Å². The van der Waals surface area contributed by atoms with Gasteiger partial charge >= 0.3 is 0 Å². The number of nitrogens with zero attached hydrogens (tertiary/aromatic N) is 2.